The number of carbonyl (C=O) groups excluding carboxylic acids is 1. The molecule has 1 aromatic carbocycles. The number of carbonyl (C=O) groups is 1. The number of amides is 1. The van der Waals surface area contributed by atoms with Crippen molar-refractivity contribution in [3.8, 4) is 0 Å². The van der Waals surface area contributed by atoms with Gasteiger partial charge >= 0.3 is 0 Å². The van der Waals surface area contributed by atoms with Crippen LogP contribution >= 0.6 is 23.1 Å². The number of anilines is 1. The van der Waals surface area contributed by atoms with Crippen molar-refractivity contribution in [1.29, 1.82) is 0 Å². The molecule has 1 saturated heterocycles. The molecule has 12 heteroatoms. The summed E-state index contributed by atoms with van der Waals surface area (Å²) in [5.41, 5.74) is 2.17. The Bertz CT molecular complexity index is 1390. The Morgan fingerprint density at radius 1 is 1.17 bits per heavy atom. The zero-order valence-corrected chi connectivity index (χ0v) is 20.9. The molecule has 35 heavy (non-hydrogen) atoms. The summed E-state index contributed by atoms with van der Waals surface area (Å²) in [6, 6.07) is 7.04. The van der Waals surface area contributed by atoms with Gasteiger partial charge in [-0.3, -0.25) is 9.69 Å². The number of piperazine rings is 1. The summed E-state index contributed by atoms with van der Waals surface area (Å²) in [4.78, 5) is 21.9. The summed E-state index contributed by atoms with van der Waals surface area (Å²) in [5, 5.41) is 16.9. The van der Waals surface area contributed by atoms with Crippen molar-refractivity contribution in [2.45, 2.75) is 35.7 Å². The summed E-state index contributed by atoms with van der Waals surface area (Å²) in [7, 11) is 0. The molecule has 4 aromatic rings. The molecular formula is C23H25FN8OS2. The number of fused-ring (bicyclic) bond motifs is 2. The number of aromatic nitrogens is 5. The van der Waals surface area contributed by atoms with Gasteiger partial charge in [0.1, 0.15) is 5.82 Å². The molecule has 1 aliphatic carbocycles. The molecule has 0 bridgehead atoms. The van der Waals surface area contributed by atoms with Crippen LogP contribution in [-0.2, 0) is 4.79 Å². The first-order valence-electron chi connectivity index (χ1n) is 11.8. The van der Waals surface area contributed by atoms with Gasteiger partial charge in [0.05, 0.1) is 27.4 Å². The lowest BCUT2D eigenvalue weighted by atomic mass is 10.3. The number of nitrogens with zero attached hydrogens (tertiary/aromatic N) is 7. The van der Waals surface area contributed by atoms with Crippen LogP contribution in [0.15, 0.2) is 34.3 Å². The van der Waals surface area contributed by atoms with E-state index in [0.29, 0.717) is 38.8 Å². The van der Waals surface area contributed by atoms with Crippen LogP contribution in [0.4, 0.5) is 9.52 Å². The van der Waals surface area contributed by atoms with E-state index >= 15 is 0 Å². The number of hydrogen-bond acceptors (Lipinski definition) is 9. The molecule has 182 valence electrons. The molecule has 1 amide bonds. The number of thiazole rings is 1. The number of halogens is 1. The quantitative estimate of drug-likeness (QED) is 0.403. The monoisotopic (exact) mass is 512 g/mol. The summed E-state index contributed by atoms with van der Waals surface area (Å²) < 4.78 is 17.4. The third-order valence-electron chi connectivity index (χ3n) is 6.42. The minimum Gasteiger partial charge on any atom is -0.301 e. The van der Waals surface area contributed by atoms with Gasteiger partial charge in [0.25, 0.3) is 0 Å². The van der Waals surface area contributed by atoms with Crippen molar-refractivity contribution in [3.63, 3.8) is 0 Å². The highest BCUT2D eigenvalue weighted by atomic mass is 32.2. The first-order chi connectivity index (χ1) is 17.1. The van der Waals surface area contributed by atoms with Crippen LogP contribution < -0.4 is 5.32 Å². The zero-order valence-electron chi connectivity index (χ0n) is 19.3. The van der Waals surface area contributed by atoms with Crippen molar-refractivity contribution in [2.24, 2.45) is 0 Å². The second kappa shape index (κ2) is 9.41. The average Bonchev–Trinajstić information content (AvgIpc) is 3.53. The SMILES string of the molecule is CCN1CCN(CC(=O)Nc2nc3cc(F)c(Sc4nnc5ccc(C6CC6)nn45)cc3s2)CC1. The highest BCUT2D eigenvalue weighted by Crippen LogP contribution is 2.39. The molecule has 3 aromatic heterocycles. The van der Waals surface area contributed by atoms with Crippen molar-refractivity contribution < 1.29 is 9.18 Å². The number of nitrogens with one attached hydrogen (secondary N) is 1. The van der Waals surface area contributed by atoms with Crippen molar-refractivity contribution in [1.82, 2.24) is 34.6 Å². The minimum atomic E-state index is -0.394. The van der Waals surface area contributed by atoms with Crippen LogP contribution in [0.2, 0.25) is 0 Å². The van der Waals surface area contributed by atoms with Gasteiger partial charge < -0.3 is 10.2 Å². The maximum Gasteiger partial charge on any atom is 0.240 e. The topological polar surface area (TPSA) is 91.5 Å². The largest absolute Gasteiger partial charge is 0.301 e. The molecule has 0 spiro atoms. The Kier molecular flexibility index (Phi) is 6.13. The second-order valence-electron chi connectivity index (χ2n) is 8.92. The summed E-state index contributed by atoms with van der Waals surface area (Å²) in [6.07, 6.45) is 2.29. The molecule has 1 saturated carbocycles. The van der Waals surface area contributed by atoms with E-state index in [4.69, 9.17) is 0 Å². The van der Waals surface area contributed by atoms with Crippen LogP contribution in [-0.4, -0.2) is 79.8 Å². The first-order valence-corrected chi connectivity index (χ1v) is 13.4. The Hall–Kier alpha value is -2.67. The van der Waals surface area contributed by atoms with E-state index in [1.165, 1.54) is 29.2 Å². The smallest absolute Gasteiger partial charge is 0.240 e. The van der Waals surface area contributed by atoms with Crippen LogP contribution in [0.3, 0.4) is 0 Å². The Morgan fingerprint density at radius 3 is 2.74 bits per heavy atom. The molecule has 4 heterocycles. The van der Waals surface area contributed by atoms with Gasteiger partial charge in [-0.2, -0.15) is 9.61 Å². The Morgan fingerprint density at radius 2 is 1.97 bits per heavy atom. The van der Waals surface area contributed by atoms with Gasteiger partial charge in [-0.1, -0.05) is 18.3 Å². The van der Waals surface area contributed by atoms with E-state index in [2.05, 4.69) is 42.3 Å². The number of likely N-dealkylation sites (N-methyl/N-ethyl adjacent to an activating group) is 1. The molecule has 6 rings (SSSR count). The molecule has 1 N–H and O–H groups in total. The van der Waals surface area contributed by atoms with E-state index in [1.54, 1.807) is 10.6 Å². The number of rotatable bonds is 7. The van der Waals surface area contributed by atoms with Gasteiger partial charge in [-0.25, -0.2) is 9.37 Å². The van der Waals surface area contributed by atoms with Gasteiger partial charge in [0.15, 0.2) is 10.8 Å². The average molecular weight is 513 g/mol. The predicted octanol–water partition coefficient (Wildman–Crippen LogP) is 3.48. The highest BCUT2D eigenvalue weighted by molar-refractivity contribution is 7.99. The van der Waals surface area contributed by atoms with Crippen LogP contribution in [0, 0.1) is 5.82 Å². The lowest BCUT2D eigenvalue weighted by molar-refractivity contribution is -0.117. The lowest BCUT2D eigenvalue weighted by Crippen LogP contribution is -2.48. The molecule has 1 aliphatic heterocycles. The second-order valence-corrected chi connectivity index (χ2v) is 11.0. The molecule has 0 atom stereocenters. The summed E-state index contributed by atoms with van der Waals surface area (Å²) >= 11 is 2.52. The Labute approximate surface area is 209 Å². The fraction of sp³-hybridized carbons (Fsp3) is 0.435. The van der Waals surface area contributed by atoms with E-state index in [9.17, 15) is 9.18 Å². The molecule has 9 nitrogen and oxygen atoms in total. The number of benzene rings is 1. The molecule has 2 aliphatic rings. The normalized spacial score (nSPS) is 17.4. The maximum atomic E-state index is 14.9. The predicted molar refractivity (Wildman–Crippen MR) is 134 cm³/mol. The third kappa shape index (κ3) is 4.88. The van der Waals surface area contributed by atoms with Crippen molar-refractivity contribution in [3.05, 3.63) is 35.8 Å². The third-order valence-corrected chi connectivity index (χ3v) is 8.32. The highest BCUT2D eigenvalue weighted by Gasteiger charge is 2.26. The maximum absolute atomic E-state index is 14.9. The van der Waals surface area contributed by atoms with Crippen LogP contribution in [0.5, 0.6) is 0 Å². The zero-order chi connectivity index (χ0) is 23.9. The van der Waals surface area contributed by atoms with E-state index in [1.807, 2.05) is 12.1 Å². The molecular weight excluding hydrogens is 487 g/mol. The van der Waals surface area contributed by atoms with E-state index in [0.717, 1.165) is 56.0 Å². The van der Waals surface area contributed by atoms with Gasteiger partial charge in [-0.05, 0) is 49.3 Å². The molecule has 2 fully saturated rings. The van der Waals surface area contributed by atoms with Gasteiger partial charge in [-0.15, -0.1) is 10.2 Å². The summed E-state index contributed by atoms with van der Waals surface area (Å²) in [5.74, 6) is 0.00521. The van der Waals surface area contributed by atoms with E-state index in [-0.39, 0.29) is 5.91 Å². The standard InChI is InChI=1S/C23H25FN8OS2/c1-2-30-7-9-31(10-8-30)13-21(33)26-22-25-17-11-15(24)18(12-19(17)34-22)35-23-28-27-20-6-5-16(14-3-4-14)29-32(20)23/h5-6,11-12,14H,2-4,7-10,13H2,1H3,(H,25,26,33). The summed E-state index contributed by atoms with van der Waals surface area (Å²) in [6.45, 7) is 7.22. The van der Waals surface area contributed by atoms with Crippen LogP contribution in [0.1, 0.15) is 31.4 Å². The number of hydrogen-bond donors (Lipinski definition) is 1. The van der Waals surface area contributed by atoms with Gasteiger partial charge in [0.2, 0.25) is 11.1 Å². The molecule has 0 radical (unpaired) electrons. The fourth-order valence-electron chi connectivity index (χ4n) is 4.23. The van der Waals surface area contributed by atoms with Gasteiger partial charge in [0, 0.05) is 38.2 Å². The first kappa shape index (κ1) is 22.8. The van der Waals surface area contributed by atoms with Crippen LogP contribution in [0.25, 0.3) is 15.9 Å². The minimum absolute atomic E-state index is 0.100. The lowest BCUT2D eigenvalue weighted by Gasteiger charge is -2.33. The van der Waals surface area contributed by atoms with Crippen molar-refractivity contribution in [2.75, 3.05) is 44.6 Å². The molecule has 0 unspecified atom stereocenters. The fourth-order valence-corrected chi connectivity index (χ4v) is 6.04. The Balaban J connectivity index is 1.17. The van der Waals surface area contributed by atoms with E-state index < -0.39 is 5.82 Å². The van der Waals surface area contributed by atoms with Crippen molar-refractivity contribution >= 4 is 50.0 Å².